The van der Waals surface area contributed by atoms with Gasteiger partial charge in [-0.15, -0.1) is 0 Å². The van der Waals surface area contributed by atoms with E-state index in [1.165, 1.54) is 16.9 Å². The third kappa shape index (κ3) is 1.68. The van der Waals surface area contributed by atoms with E-state index in [2.05, 4.69) is 32.8 Å². The summed E-state index contributed by atoms with van der Waals surface area (Å²) in [5.41, 5.74) is 9.17. The van der Waals surface area contributed by atoms with E-state index in [1.807, 2.05) is 30.6 Å². The Morgan fingerprint density at radius 3 is 2.89 bits per heavy atom. The van der Waals surface area contributed by atoms with Crippen LogP contribution in [0.4, 0.5) is 5.69 Å². The van der Waals surface area contributed by atoms with Crippen molar-refractivity contribution in [2.75, 3.05) is 11.6 Å². The molecule has 4 rings (SSSR count). The number of para-hydroxylation sites is 1. The summed E-state index contributed by atoms with van der Waals surface area (Å²) in [6, 6.07) is 10.3. The molecule has 0 fully saturated rings. The van der Waals surface area contributed by atoms with Crippen molar-refractivity contribution in [3.05, 3.63) is 53.3 Å². The topological polar surface area (TPSA) is 40.0 Å². The largest absolute Gasteiger partial charge is 0.285 e. The second-order valence-electron chi connectivity index (χ2n) is 4.90. The van der Waals surface area contributed by atoms with Gasteiger partial charge in [0.1, 0.15) is 0 Å². The number of benzene rings is 1. The Hall–Kier alpha value is -2.36. The lowest BCUT2D eigenvalue weighted by Gasteiger charge is -2.18. The number of hydrogen-bond donors (Lipinski definition) is 1. The highest BCUT2D eigenvalue weighted by Crippen LogP contribution is 2.33. The van der Waals surface area contributed by atoms with E-state index in [-0.39, 0.29) is 0 Å². The maximum Gasteiger partial charge on any atom is 0.0689 e. The molecule has 4 nitrogen and oxygen atoms in total. The number of allylic oxidation sites excluding steroid dienone is 2. The number of hydrazone groups is 2. The van der Waals surface area contributed by atoms with Gasteiger partial charge >= 0.3 is 0 Å². The van der Waals surface area contributed by atoms with Crippen LogP contribution < -0.4 is 10.4 Å². The van der Waals surface area contributed by atoms with Crippen molar-refractivity contribution in [1.82, 2.24) is 5.43 Å². The molecule has 19 heavy (non-hydrogen) atoms. The summed E-state index contributed by atoms with van der Waals surface area (Å²) in [6.07, 6.45) is 5.98. The van der Waals surface area contributed by atoms with Gasteiger partial charge in [-0.25, -0.2) is 0 Å². The Bertz CT molecular complexity index is 637. The fourth-order valence-corrected chi connectivity index (χ4v) is 2.83. The van der Waals surface area contributed by atoms with Gasteiger partial charge in [-0.05, 0) is 30.5 Å². The Kier molecular flexibility index (Phi) is 2.27. The molecule has 1 N–H and O–H groups in total. The fourth-order valence-electron chi connectivity index (χ4n) is 2.83. The molecule has 1 aromatic carbocycles. The van der Waals surface area contributed by atoms with Crippen molar-refractivity contribution in [2.24, 2.45) is 10.2 Å². The van der Waals surface area contributed by atoms with Crippen LogP contribution in [-0.2, 0) is 0 Å². The van der Waals surface area contributed by atoms with Crippen LogP contribution in [0.2, 0.25) is 0 Å². The Balaban J connectivity index is 1.77. The van der Waals surface area contributed by atoms with E-state index < -0.39 is 0 Å². The summed E-state index contributed by atoms with van der Waals surface area (Å²) in [6.45, 7) is 0.853. The summed E-state index contributed by atoms with van der Waals surface area (Å²) in [5.74, 6) is 0. The predicted octanol–water partition coefficient (Wildman–Crippen LogP) is 2.43. The van der Waals surface area contributed by atoms with Gasteiger partial charge in [0.05, 0.1) is 24.2 Å². The van der Waals surface area contributed by atoms with Crippen molar-refractivity contribution in [1.29, 1.82) is 0 Å². The van der Waals surface area contributed by atoms with Crippen LogP contribution in [0, 0.1) is 0 Å². The molecule has 0 radical (unpaired) electrons. The third-order valence-corrected chi connectivity index (χ3v) is 3.75. The number of rotatable bonds is 1. The summed E-state index contributed by atoms with van der Waals surface area (Å²) >= 11 is 0. The van der Waals surface area contributed by atoms with Crippen molar-refractivity contribution in [2.45, 2.75) is 12.8 Å². The molecule has 1 aromatic rings. The van der Waals surface area contributed by atoms with Gasteiger partial charge in [0.15, 0.2) is 0 Å². The lowest BCUT2D eigenvalue weighted by Crippen LogP contribution is -2.18. The molecule has 0 aromatic heterocycles. The number of nitrogens with one attached hydrogen (secondary N) is 1. The van der Waals surface area contributed by atoms with Crippen molar-refractivity contribution in [3.8, 4) is 0 Å². The van der Waals surface area contributed by atoms with Crippen LogP contribution in [-0.4, -0.2) is 18.5 Å². The molecule has 4 heteroatoms. The lowest BCUT2D eigenvalue weighted by molar-refractivity contribution is 0.874. The minimum Gasteiger partial charge on any atom is -0.285 e. The minimum atomic E-state index is 0.853. The number of hydrogen-bond acceptors (Lipinski definition) is 4. The minimum absolute atomic E-state index is 0.853. The highest BCUT2D eigenvalue weighted by atomic mass is 15.5. The summed E-state index contributed by atoms with van der Waals surface area (Å²) in [4.78, 5) is 0. The van der Waals surface area contributed by atoms with E-state index in [0.717, 1.165) is 30.6 Å². The van der Waals surface area contributed by atoms with Crippen LogP contribution in [0.5, 0.6) is 0 Å². The maximum atomic E-state index is 4.60. The number of nitrogens with zero attached hydrogens (tertiary/aromatic N) is 3. The average molecular weight is 250 g/mol. The quantitative estimate of drug-likeness (QED) is 0.831. The van der Waals surface area contributed by atoms with Gasteiger partial charge in [0.2, 0.25) is 0 Å². The molecule has 0 amide bonds. The molecule has 0 atom stereocenters. The highest BCUT2D eigenvalue weighted by molar-refractivity contribution is 6.13. The smallest absolute Gasteiger partial charge is 0.0689 e. The molecule has 2 heterocycles. The standard InChI is InChI=1S/C15H14N4/c1-2-4-13(5-3-1)19-10-11-6-7-14-15(11)12(9-17-19)8-16-18-14/h1-5,8-9,16H,6-7,10H2. The molecular weight excluding hydrogens is 236 g/mol. The first-order chi connectivity index (χ1) is 9.42. The van der Waals surface area contributed by atoms with Gasteiger partial charge in [-0.1, -0.05) is 18.2 Å². The molecule has 2 aliphatic heterocycles. The number of anilines is 1. The SMILES string of the molecule is C1=NN(c2ccccc2)CC2=C3C1=CNN=C3CC2. The first-order valence-corrected chi connectivity index (χ1v) is 6.53. The Labute approximate surface area is 111 Å². The highest BCUT2D eigenvalue weighted by Gasteiger charge is 2.28. The van der Waals surface area contributed by atoms with Gasteiger partial charge < -0.3 is 0 Å². The molecule has 0 saturated heterocycles. The van der Waals surface area contributed by atoms with Gasteiger partial charge in [0.25, 0.3) is 0 Å². The Morgan fingerprint density at radius 1 is 1.11 bits per heavy atom. The summed E-state index contributed by atoms with van der Waals surface area (Å²) in [5, 5.41) is 11.0. The molecule has 3 aliphatic rings. The molecule has 0 bridgehead atoms. The van der Waals surface area contributed by atoms with Crippen LogP contribution >= 0.6 is 0 Å². The second kappa shape index (κ2) is 4.09. The molecule has 0 unspecified atom stereocenters. The molecule has 0 saturated carbocycles. The molecule has 94 valence electrons. The third-order valence-electron chi connectivity index (χ3n) is 3.75. The summed E-state index contributed by atoms with van der Waals surface area (Å²) < 4.78 is 0. The maximum absolute atomic E-state index is 4.60. The van der Waals surface area contributed by atoms with Crippen LogP contribution in [0.25, 0.3) is 0 Å². The fraction of sp³-hybridized carbons (Fsp3) is 0.200. The van der Waals surface area contributed by atoms with E-state index in [1.54, 1.807) is 0 Å². The van der Waals surface area contributed by atoms with E-state index in [4.69, 9.17) is 0 Å². The van der Waals surface area contributed by atoms with Crippen molar-refractivity contribution >= 4 is 17.6 Å². The normalized spacial score (nSPS) is 20.5. The lowest BCUT2D eigenvalue weighted by atomic mass is 10.0. The van der Waals surface area contributed by atoms with E-state index >= 15 is 0 Å². The monoisotopic (exact) mass is 250 g/mol. The first kappa shape index (κ1) is 10.6. The van der Waals surface area contributed by atoms with Gasteiger partial charge in [-0.3, -0.25) is 10.4 Å². The zero-order chi connectivity index (χ0) is 12.7. The molecule has 0 spiro atoms. The second-order valence-corrected chi connectivity index (χ2v) is 4.90. The van der Waals surface area contributed by atoms with Crippen LogP contribution in [0.1, 0.15) is 12.8 Å². The van der Waals surface area contributed by atoms with E-state index in [0.29, 0.717) is 0 Å². The summed E-state index contributed by atoms with van der Waals surface area (Å²) in [7, 11) is 0. The van der Waals surface area contributed by atoms with Gasteiger partial charge in [0, 0.05) is 17.3 Å². The zero-order valence-electron chi connectivity index (χ0n) is 10.5. The predicted molar refractivity (Wildman–Crippen MR) is 77.2 cm³/mol. The Morgan fingerprint density at radius 2 is 2.00 bits per heavy atom. The van der Waals surface area contributed by atoms with E-state index in [9.17, 15) is 0 Å². The van der Waals surface area contributed by atoms with Gasteiger partial charge in [-0.2, -0.15) is 10.2 Å². The molecular formula is C15H14N4. The first-order valence-electron chi connectivity index (χ1n) is 6.53. The van der Waals surface area contributed by atoms with Crippen LogP contribution in [0.15, 0.2) is 63.5 Å². The van der Waals surface area contributed by atoms with Crippen molar-refractivity contribution < 1.29 is 0 Å². The molecule has 1 aliphatic carbocycles. The van der Waals surface area contributed by atoms with Crippen LogP contribution in [0.3, 0.4) is 0 Å². The van der Waals surface area contributed by atoms with Crippen molar-refractivity contribution in [3.63, 3.8) is 0 Å². The average Bonchev–Trinajstić information content (AvgIpc) is 2.77. The zero-order valence-corrected chi connectivity index (χ0v) is 10.5.